The maximum atomic E-state index is 13.9. The molecule has 0 saturated heterocycles. The molecule has 0 bridgehead atoms. The van der Waals surface area contributed by atoms with E-state index in [1.54, 1.807) is 6.07 Å². The molecule has 0 unspecified atom stereocenters. The molecule has 1 heterocycles. The summed E-state index contributed by atoms with van der Waals surface area (Å²) in [5.41, 5.74) is -1.43. The Balaban J connectivity index is 2.06. The van der Waals surface area contributed by atoms with E-state index in [1.807, 2.05) is 0 Å². The average molecular weight is 384 g/mol. The summed E-state index contributed by atoms with van der Waals surface area (Å²) in [5.74, 6) is -1.86. The van der Waals surface area contributed by atoms with Gasteiger partial charge in [-0.25, -0.2) is 9.07 Å². The zero-order valence-electron chi connectivity index (χ0n) is 12.9. The summed E-state index contributed by atoms with van der Waals surface area (Å²) in [6.45, 7) is 0. The number of benzene rings is 2. The van der Waals surface area contributed by atoms with Crippen LogP contribution in [0.4, 0.5) is 23.2 Å². The van der Waals surface area contributed by atoms with Crippen molar-refractivity contribution < 1.29 is 22.4 Å². The Kier molecular flexibility index (Phi) is 4.69. The first-order chi connectivity index (χ1) is 12.3. The monoisotopic (exact) mass is 383 g/mol. The third-order valence-electron chi connectivity index (χ3n) is 3.51. The van der Waals surface area contributed by atoms with Crippen molar-refractivity contribution in [2.24, 2.45) is 0 Å². The standard InChI is InChI=1S/C17H10ClF4N3O/c18-11-3-1-4-12(19)15(11)16(26)24-13-9-10(17(20,21)22)5-6-14(13)25-8-2-7-23-25/h1-9H,(H,24,26). The fourth-order valence-electron chi connectivity index (χ4n) is 2.32. The van der Waals surface area contributed by atoms with Crippen LogP contribution in [0.1, 0.15) is 15.9 Å². The summed E-state index contributed by atoms with van der Waals surface area (Å²) in [6.07, 6.45) is -1.69. The molecule has 1 N–H and O–H groups in total. The number of hydrogen-bond acceptors (Lipinski definition) is 2. The number of carbonyl (C=O) groups is 1. The molecule has 0 fully saturated rings. The van der Waals surface area contributed by atoms with Gasteiger partial charge < -0.3 is 5.32 Å². The molecule has 0 saturated carbocycles. The third-order valence-corrected chi connectivity index (χ3v) is 3.83. The number of rotatable bonds is 3. The van der Waals surface area contributed by atoms with Crippen molar-refractivity contribution in [3.63, 3.8) is 0 Å². The molecule has 0 aliphatic rings. The molecule has 4 nitrogen and oxygen atoms in total. The van der Waals surface area contributed by atoms with E-state index in [1.165, 1.54) is 29.2 Å². The second kappa shape index (κ2) is 6.80. The number of nitrogens with one attached hydrogen (secondary N) is 1. The van der Waals surface area contributed by atoms with Crippen LogP contribution < -0.4 is 5.32 Å². The Morgan fingerprint density at radius 3 is 2.54 bits per heavy atom. The molecular formula is C17H10ClF4N3O. The van der Waals surface area contributed by atoms with Gasteiger partial charge in [0.2, 0.25) is 0 Å². The van der Waals surface area contributed by atoms with Gasteiger partial charge >= 0.3 is 6.18 Å². The predicted molar refractivity (Wildman–Crippen MR) is 87.9 cm³/mol. The van der Waals surface area contributed by atoms with Crippen LogP contribution in [0.5, 0.6) is 0 Å². The molecule has 0 aliphatic carbocycles. The van der Waals surface area contributed by atoms with E-state index >= 15 is 0 Å². The molecule has 0 radical (unpaired) electrons. The van der Waals surface area contributed by atoms with Gasteiger partial charge in [0.05, 0.1) is 27.5 Å². The van der Waals surface area contributed by atoms with Gasteiger partial charge in [-0.2, -0.15) is 18.3 Å². The van der Waals surface area contributed by atoms with E-state index in [4.69, 9.17) is 11.6 Å². The van der Waals surface area contributed by atoms with Crippen molar-refractivity contribution in [3.8, 4) is 5.69 Å². The van der Waals surface area contributed by atoms with Crippen LogP contribution in [-0.4, -0.2) is 15.7 Å². The van der Waals surface area contributed by atoms with Gasteiger partial charge in [0.1, 0.15) is 5.82 Å². The van der Waals surface area contributed by atoms with Crippen LogP contribution in [0.2, 0.25) is 5.02 Å². The summed E-state index contributed by atoms with van der Waals surface area (Å²) < 4.78 is 54.2. The first-order valence-corrected chi connectivity index (χ1v) is 7.62. The quantitative estimate of drug-likeness (QED) is 0.651. The Morgan fingerprint density at radius 1 is 1.15 bits per heavy atom. The van der Waals surface area contributed by atoms with Crippen molar-refractivity contribution in [3.05, 3.63) is 76.8 Å². The normalized spacial score (nSPS) is 11.4. The number of amides is 1. The van der Waals surface area contributed by atoms with Crippen molar-refractivity contribution in [2.75, 3.05) is 5.32 Å². The molecule has 3 rings (SSSR count). The Labute approximate surface area is 150 Å². The Bertz CT molecular complexity index is 935. The predicted octanol–water partition coefficient (Wildman–Crippen LogP) is 4.94. The van der Waals surface area contributed by atoms with Crippen LogP contribution in [-0.2, 0) is 6.18 Å². The molecule has 1 aromatic heterocycles. The lowest BCUT2D eigenvalue weighted by atomic mass is 10.1. The van der Waals surface area contributed by atoms with Crippen molar-refractivity contribution >= 4 is 23.2 Å². The highest BCUT2D eigenvalue weighted by molar-refractivity contribution is 6.34. The van der Waals surface area contributed by atoms with Crippen LogP contribution in [0.3, 0.4) is 0 Å². The first-order valence-electron chi connectivity index (χ1n) is 7.24. The molecule has 9 heteroatoms. The number of carbonyl (C=O) groups excluding carboxylic acids is 1. The molecule has 134 valence electrons. The summed E-state index contributed by atoms with van der Waals surface area (Å²) in [4.78, 5) is 12.4. The third kappa shape index (κ3) is 3.55. The average Bonchev–Trinajstić information content (AvgIpc) is 3.08. The SMILES string of the molecule is O=C(Nc1cc(C(F)(F)F)ccc1-n1cccn1)c1c(F)cccc1Cl. The molecule has 0 atom stereocenters. The summed E-state index contributed by atoms with van der Waals surface area (Å²) in [5, 5.41) is 6.07. The first kappa shape index (κ1) is 17.9. The zero-order chi connectivity index (χ0) is 18.9. The molecule has 0 aliphatic heterocycles. The van der Waals surface area contributed by atoms with Crippen molar-refractivity contribution in [1.29, 1.82) is 0 Å². The lowest BCUT2D eigenvalue weighted by molar-refractivity contribution is -0.137. The second-order valence-corrected chi connectivity index (χ2v) is 5.64. The number of nitrogens with zero attached hydrogens (tertiary/aromatic N) is 2. The minimum atomic E-state index is -4.61. The largest absolute Gasteiger partial charge is 0.416 e. The molecule has 26 heavy (non-hydrogen) atoms. The molecule has 2 aromatic carbocycles. The smallest absolute Gasteiger partial charge is 0.320 e. The van der Waals surface area contributed by atoms with Gasteiger partial charge in [-0.05, 0) is 36.4 Å². The Hall–Kier alpha value is -2.87. The highest BCUT2D eigenvalue weighted by Gasteiger charge is 2.31. The van der Waals surface area contributed by atoms with Gasteiger partial charge in [0.25, 0.3) is 5.91 Å². The zero-order valence-corrected chi connectivity index (χ0v) is 13.6. The lowest BCUT2D eigenvalue weighted by Gasteiger charge is -2.15. The topological polar surface area (TPSA) is 46.9 Å². The maximum absolute atomic E-state index is 13.9. The van der Waals surface area contributed by atoms with Crippen LogP contribution in [0.15, 0.2) is 54.9 Å². The van der Waals surface area contributed by atoms with E-state index < -0.39 is 29.0 Å². The molecule has 1 amide bonds. The maximum Gasteiger partial charge on any atom is 0.416 e. The van der Waals surface area contributed by atoms with Crippen molar-refractivity contribution in [1.82, 2.24) is 9.78 Å². The Morgan fingerprint density at radius 2 is 1.92 bits per heavy atom. The van der Waals surface area contributed by atoms with Gasteiger partial charge in [-0.1, -0.05) is 17.7 Å². The number of hydrogen-bond donors (Lipinski definition) is 1. The minimum absolute atomic E-state index is 0.157. The second-order valence-electron chi connectivity index (χ2n) is 5.23. The number of alkyl halides is 3. The van der Waals surface area contributed by atoms with E-state index in [0.29, 0.717) is 0 Å². The van der Waals surface area contributed by atoms with Crippen molar-refractivity contribution in [2.45, 2.75) is 6.18 Å². The molecular weight excluding hydrogens is 374 g/mol. The fraction of sp³-hybridized carbons (Fsp3) is 0.0588. The highest BCUT2D eigenvalue weighted by atomic mass is 35.5. The molecule has 3 aromatic rings. The van der Waals surface area contributed by atoms with Crippen LogP contribution >= 0.6 is 11.6 Å². The van der Waals surface area contributed by atoms with E-state index in [2.05, 4.69) is 10.4 Å². The summed E-state index contributed by atoms with van der Waals surface area (Å²) in [7, 11) is 0. The van der Waals surface area contributed by atoms with E-state index in [9.17, 15) is 22.4 Å². The van der Waals surface area contributed by atoms with Crippen LogP contribution in [0.25, 0.3) is 5.69 Å². The fourth-order valence-corrected chi connectivity index (χ4v) is 2.57. The lowest BCUT2D eigenvalue weighted by Crippen LogP contribution is -2.17. The number of anilines is 1. The van der Waals surface area contributed by atoms with Gasteiger partial charge in [-0.15, -0.1) is 0 Å². The highest BCUT2D eigenvalue weighted by Crippen LogP contribution is 2.33. The van der Waals surface area contributed by atoms with Gasteiger partial charge in [0.15, 0.2) is 0 Å². The van der Waals surface area contributed by atoms with Gasteiger partial charge in [0, 0.05) is 12.4 Å². The van der Waals surface area contributed by atoms with Crippen LogP contribution in [0, 0.1) is 5.82 Å². The van der Waals surface area contributed by atoms with E-state index in [0.717, 1.165) is 24.3 Å². The summed E-state index contributed by atoms with van der Waals surface area (Å²) >= 11 is 5.84. The van der Waals surface area contributed by atoms with Gasteiger partial charge in [-0.3, -0.25) is 4.79 Å². The number of aromatic nitrogens is 2. The molecule has 0 spiro atoms. The minimum Gasteiger partial charge on any atom is -0.320 e. The summed E-state index contributed by atoms with van der Waals surface area (Å²) in [6, 6.07) is 7.99. The van der Waals surface area contributed by atoms with E-state index in [-0.39, 0.29) is 16.4 Å². The number of halogens is 5.